The molecule has 1 aliphatic rings. The van der Waals surface area contributed by atoms with Gasteiger partial charge in [-0.15, -0.1) is 0 Å². The molecule has 0 bridgehead atoms. The highest BCUT2D eigenvalue weighted by molar-refractivity contribution is 6.04. The molecule has 0 radical (unpaired) electrons. The Labute approximate surface area is 201 Å². The van der Waals surface area contributed by atoms with Crippen LogP contribution in [0.5, 0.6) is 0 Å². The Hall–Kier alpha value is -3.80. The van der Waals surface area contributed by atoms with E-state index in [2.05, 4.69) is 45.1 Å². The predicted molar refractivity (Wildman–Crippen MR) is 139 cm³/mol. The number of hydrogen-bond acceptors (Lipinski definition) is 3. The second kappa shape index (κ2) is 10.4. The van der Waals surface area contributed by atoms with E-state index in [1.807, 2.05) is 57.2 Å². The van der Waals surface area contributed by atoms with Gasteiger partial charge in [-0.05, 0) is 68.1 Å². The van der Waals surface area contributed by atoms with Gasteiger partial charge in [0.25, 0.3) is 5.91 Å². The molecule has 0 aliphatic carbocycles. The summed E-state index contributed by atoms with van der Waals surface area (Å²) in [6, 6.07) is 21.3. The Morgan fingerprint density at radius 2 is 1.62 bits per heavy atom. The summed E-state index contributed by atoms with van der Waals surface area (Å²) in [5.74, 6) is -0.134. The van der Waals surface area contributed by atoms with E-state index in [9.17, 15) is 9.59 Å². The lowest BCUT2D eigenvalue weighted by molar-refractivity contribution is 0.0939. The largest absolute Gasteiger partial charge is 0.366 e. The number of benzene rings is 3. The summed E-state index contributed by atoms with van der Waals surface area (Å²) in [4.78, 5) is 28.0. The van der Waals surface area contributed by atoms with Gasteiger partial charge in [0, 0.05) is 36.2 Å². The third-order valence-electron chi connectivity index (χ3n) is 6.27. The summed E-state index contributed by atoms with van der Waals surface area (Å²) in [5.41, 5.74) is 6.48. The zero-order valence-electron chi connectivity index (χ0n) is 20.0. The molecule has 0 unspecified atom stereocenters. The molecule has 0 saturated heterocycles. The molecule has 3 aromatic carbocycles. The molecular formula is C28H32N4O2. The minimum absolute atomic E-state index is 0.0592. The quantitative estimate of drug-likeness (QED) is 0.443. The lowest BCUT2D eigenvalue weighted by Crippen LogP contribution is -2.36. The van der Waals surface area contributed by atoms with E-state index >= 15 is 0 Å². The van der Waals surface area contributed by atoms with Crippen molar-refractivity contribution in [3.8, 4) is 0 Å². The van der Waals surface area contributed by atoms with Gasteiger partial charge in [-0.1, -0.05) is 48.9 Å². The Morgan fingerprint density at radius 3 is 2.35 bits per heavy atom. The van der Waals surface area contributed by atoms with Crippen LogP contribution in [0.1, 0.15) is 47.3 Å². The molecule has 0 saturated carbocycles. The van der Waals surface area contributed by atoms with Gasteiger partial charge >= 0.3 is 6.03 Å². The molecular weight excluding hydrogens is 424 g/mol. The molecule has 6 heteroatoms. The van der Waals surface area contributed by atoms with Crippen LogP contribution in [0.25, 0.3) is 0 Å². The summed E-state index contributed by atoms with van der Waals surface area (Å²) < 4.78 is 0. The smallest absolute Gasteiger partial charge is 0.323 e. The fourth-order valence-electron chi connectivity index (χ4n) is 4.11. The number of nitrogens with one attached hydrogen (secondary N) is 3. The van der Waals surface area contributed by atoms with E-state index in [1.54, 1.807) is 6.07 Å². The zero-order chi connectivity index (χ0) is 24.1. The lowest BCUT2D eigenvalue weighted by atomic mass is 9.98. The molecule has 34 heavy (non-hydrogen) atoms. The molecule has 6 nitrogen and oxygen atoms in total. The van der Waals surface area contributed by atoms with Crippen LogP contribution in [-0.4, -0.2) is 24.5 Å². The van der Waals surface area contributed by atoms with Gasteiger partial charge in [0.15, 0.2) is 0 Å². The molecule has 1 aliphatic heterocycles. The van der Waals surface area contributed by atoms with Crippen molar-refractivity contribution < 1.29 is 9.59 Å². The van der Waals surface area contributed by atoms with Gasteiger partial charge in [0.2, 0.25) is 0 Å². The third kappa shape index (κ3) is 5.57. The maximum atomic E-state index is 13.2. The molecule has 3 aromatic rings. The summed E-state index contributed by atoms with van der Waals surface area (Å²) >= 11 is 0. The van der Waals surface area contributed by atoms with Gasteiger partial charge in [0.05, 0.1) is 5.56 Å². The third-order valence-corrected chi connectivity index (χ3v) is 6.27. The minimum Gasteiger partial charge on any atom is -0.366 e. The van der Waals surface area contributed by atoms with Crippen LogP contribution in [-0.2, 0) is 13.0 Å². The van der Waals surface area contributed by atoms with Crippen molar-refractivity contribution in [2.24, 2.45) is 0 Å². The normalized spacial score (nSPS) is 13.6. The highest BCUT2D eigenvalue weighted by atomic mass is 16.2. The van der Waals surface area contributed by atoms with Gasteiger partial charge in [-0.2, -0.15) is 0 Å². The number of aryl methyl sites for hydroxylation is 1. The minimum atomic E-state index is -0.350. The van der Waals surface area contributed by atoms with Gasteiger partial charge in [-0.3, -0.25) is 4.79 Å². The van der Waals surface area contributed by atoms with Crippen LogP contribution in [0.2, 0.25) is 0 Å². The number of urea groups is 1. The Kier molecular flexibility index (Phi) is 7.16. The van der Waals surface area contributed by atoms with E-state index in [0.717, 1.165) is 37.2 Å². The maximum Gasteiger partial charge on any atom is 0.323 e. The summed E-state index contributed by atoms with van der Waals surface area (Å²) in [5, 5.41) is 8.78. The van der Waals surface area contributed by atoms with Gasteiger partial charge in [-0.25, -0.2) is 4.79 Å². The van der Waals surface area contributed by atoms with Gasteiger partial charge in [0.1, 0.15) is 0 Å². The number of amides is 3. The van der Waals surface area contributed by atoms with Crippen LogP contribution < -0.4 is 20.9 Å². The molecule has 0 aromatic heterocycles. The zero-order valence-corrected chi connectivity index (χ0v) is 20.0. The molecule has 1 heterocycles. The van der Waals surface area contributed by atoms with Crippen LogP contribution in [0.4, 0.5) is 21.9 Å². The molecule has 3 amide bonds. The second-order valence-electron chi connectivity index (χ2n) is 8.90. The first-order valence-corrected chi connectivity index (χ1v) is 11.8. The van der Waals surface area contributed by atoms with E-state index in [0.29, 0.717) is 16.9 Å². The monoisotopic (exact) mass is 456 g/mol. The maximum absolute atomic E-state index is 13.2. The Morgan fingerprint density at radius 1 is 0.941 bits per heavy atom. The topological polar surface area (TPSA) is 73.5 Å². The fraction of sp³-hybridized carbons (Fsp3) is 0.286. The molecule has 4 rings (SSSR count). The fourth-order valence-corrected chi connectivity index (χ4v) is 4.11. The Balaban J connectivity index is 1.57. The summed E-state index contributed by atoms with van der Waals surface area (Å²) in [6.07, 6.45) is 1.77. The SMILES string of the molecule is CC[C@H](C)NC(=O)c1cc(NC(=O)Nc2ccc(C)cc2)ccc1N1CCc2ccccc2C1. The molecule has 0 fully saturated rings. The van der Waals surface area contributed by atoms with Crippen molar-refractivity contribution in [2.45, 2.75) is 46.2 Å². The lowest BCUT2D eigenvalue weighted by Gasteiger charge is -2.32. The van der Waals surface area contributed by atoms with Crippen molar-refractivity contribution >= 4 is 29.0 Å². The molecule has 3 N–H and O–H groups in total. The van der Waals surface area contributed by atoms with Crippen LogP contribution in [0, 0.1) is 6.92 Å². The molecule has 176 valence electrons. The first kappa shape index (κ1) is 23.4. The van der Waals surface area contributed by atoms with Crippen molar-refractivity contribution in [3.05, 3.63) is 89.0 Å². The van der Waals surface area contributed by atoms with Crippen LogP contribution >= 0.6 is 0 Å². The van der Waals surface area contributed by atoms with E-state index in [4.69, 9.17) is 0 Å². The Bertz CT molecular complexity index is 1170. The summed E-state index contributed by atoms with van der Waals surface area (Å²) in [7, 11) is 0. The van der Waals surface area contributed by atoms with E-state index < -0.39 is 0 Å². The van der Waals surface area contributed by atoms with Gasteiger partial charge < -0.3 is 20.9 Å². The summed E-state index contributed by atoms with van der Waals surface area (Å²) in [6.45, 7) is 7.62. The molecule has 0 spiro atoms. The predicted octanol–water partition coefficient (Wildman–Crippen LogP) is 5.73. The highest BCUT2D eigenvalue weighted by Crippen LogP contribution is 2.30. The standard InChI is InChI=1S/C28H32N4O2/c1-4-20(3)29-27(33)25-17-24(31-28(34)30-23-11-9-19(2)10-12-23)13-14-26(25)32-16-15-21-7-5-6-8-22(21)18-32/h5-14,17,20H,4,15-16,18H2,1-3H3,(H,29,33)(H2,30,31,34)/t20-/m0/s1. The average molecular weight is 457 g/mol. The molecule has 1 atom stereocenters. The number of nitrogens with zero attached hydrogens (tertiary/aromatic N) is 1. The number of carbonyl (C=O) groups is 2. The first-order chi connectivity index (χ1) is 16.4. The van der Waals surface area contributed by atoms with Crippen LogP contribution in [0.15, 0.2) is 66.7 Å². The van der Waals surface area contributed by atoms with Crippen LogP contribution in [0.3, 0.4) is 0 Å². The number of hydrogen-bond donors (Lipinski definition) is 3. The first-order valence-electron chi connectivity index (χ1n) is 11.8. The number of fused-ring (bicyclic) bond motifs is 1. The van der Waals surface area contributed by atoms with Crippen molar-refractivity contribution in [1.29, 1.82) is 0 Å². The highest BCUT2D eigenvalue weighted by Gasteiger charge is 2.22. The van der Waals surface area contributed by atoms with Crippen molar-refractivity contribution in [1.82, 2.24) is 5.32 Å². The second-order valence-corrected chi connectivity index (χ2v) is 8.90. The van der Waals surface area contributed by atoms with E-state index in [1.165, 1.54) is 11.1 Å². The van der Waals surface area contributed by atoms with Crippen molar-refractivity contribution in [3.63, 3.8) is 0 Å². The number of carbonyl (C=O) groups excluding carboxylic acids is 2. The average Bonchev–Trinajstić information content (AvgIpc) is 2.85. The van der Waals surface area contributed by atoms with E-state index in [-0.39, 0.29) is 18.0 Å². The van der Waals surface area contributed by atoms with Crippen molar-refractivity contribution in [2.75, 3.05) is 22.1 Å². The number of rotatable bonds is 6. The number of anilines is 3.